The van der Waals surface area contributed by atoms with E-state index in [2.05, 4.69) is 10.0 Å². The second-order valence-electron chi connectivity index (χ2n) is 4.08. The number of rotatable bonds is 2. The SMILES string of the molecule is [N-]=[N+]=NC(=O)Oc1ccc(C2CO2)c2ccccc12. The number of fused-ring (bicyclic) bond motifs is 1. The van der Waals surface area contributed by atoms with Gasteiger partial charge in [-0.1, -0.05) is 30.3 Å². The molecule has 2 aromatic carbocycles. The van der Waals surface area contributed by atoms with Crippen molar-refractivity contribution < 1.29 is 14.3 Å². The Hall–Kier alpha value is -2.56. The first-order chi connectivity index (χ1) is 9.29. The van der Waals surface area contributed by atoms with Crippen LogP contribution in [0.15, 0.2) is 41.5 Å². The molecule has 1 aliphatic rings. The van der Waals surface area contributed by atoms with Gasteiger partial charge in [0.15, 0.2) is 0 Å². The molecule has 94 valence electrons. The van der Waals surface area contributed by atoms with Crippen LogP contribution in [0.5, 0.6) is 5.75 Å². The number of benzene rings is 2. The molecule has 0 aromatic heterocycles. The minimum Gasteiger partial charge on any atom is -0.421 e. The highest BCUT2D eigenvalue weighted by molar-refractivity contribution is 5.93. The second-order valence-corrected chi connectivity index (χ2v) is 4.08. The molecule has 19 heavy (non-hydrogen) atoms. The molecule has 0 aliphatic carbocycles. The number of amides is 1. The molecule has 1 saturated heterocycles. The average Bonchev–Trinajstić information content (AvgIpc) is 3.24. The first-order valence-corrected chi connectivity index (χ1v) is 5.70. The van der Waals surface area contributed by atoms with E-state index in [0.29, 0.717) is 12.4 Å². The lowest BCUT2D eigenvalue weighted by atomic mass is 10.0. The minimum atomic E-state index is -0.969. The highest BCUT2D eigenvalue weighted by Crippen LogP contribution is 2.38. The minimum absolute atomic E-state index is 0.117. The monoisotopic (exact) mass is 255 g/mol. The van der Waals surface area contributed by atoms with Crippen molar-refractivity contribution in [3.63, 3.8) is 0 Å². The predicted molar refractivity (Wildman–Crippen MR) is 67.8 cm³/mol. The maximum Gasteiger partial charge on any atom is 0.402 e. The summed E-state index contributed by atoms with van der Waals surface area (Å²) in [5.74, 6) is 0.373. The summed E-state index contributed by atoms with van der Waals surface area (Å²) >= 11 is 0. The molecule has 1 amide bonds. The largest absolute Gasteiger partial charge is 0.421 e. The summed E-state index contributed by atoms with van der Waals surface area (Å²) in [5, 5.41) is 4.65. The topological polar surface area (TPSA) is 87.6 Å². The molecule has 2 aromatic rings. The van der Waals surface area contributed by atoms with Gasteiger partial charge >= 0.3 is 6.09 Å². The molecule has 1 fully saturated rings. The van der Waals surface area contributed by atoms with Crippen LogP contribution < -0.4 is 4.74 Å². The van der Waals surface area contributed by atoms with Gasteiger partial charge in [-0.3, -0.25) is 0 Å². The molecule has 1 unspecified atom stereocenters. The van der Waals surface area contributed by atoms with Gasteiger partial charge in [0.1, 0.15) is 11.9 Å². The number of ether oxygens (including phenoxy) is 2. The van der Waals surface area contributed by atoms with Crippen LogP contribution in [-0.2, 0) is 4.74 Å². The Morgan fingerprint density at radius 1 is 1.32 bits per heavy atom. The smallest absolute Gasteiger partial charge is 0.402 e. The maximum absolute atomic E-state index is 11.2. The Bertz CT molecular complexity index is 703. The maximum atomic E-state index is 11.2. The van der Waals surface area contributed by atoms with Crippen LogP contribution in [0.25, 0.3) is 21.2 Å². The van der Waals surface area contributed by atoms with Gasteiger partial charge in [-0.15, -0.1) is 0 Å². The number of epoxide rings is 1. The number of nitrogens with zero attached hydrogens (tertiary/aromatic N) is 3. The van der Waals surface area contributed by atoms with Crippen LogP contribution in [0.4, 0.5) is 4.79 Å². The van der Waals surface area contributed by atoms with E-state index in [1.807, 2.05) is 30.3 Å². The van der Waals surface area contributed by atoms with Crippen molar-refractivity contribution in [2.45, 2.75) is 6.10 Å². The zero-order chi connectivity index (χ0) is 13.2. The van der Waals surface area contributed by atoms with Gasteiger partial charge in [-0.25, -0.2) is 4.79 Å². The number of carbonyl (C=O) groups excluding carboxylic acids is 1. The molecule has 0 saturated carbocycles. The molecule has 1 atom stereocenters. The van der Waals surface area contributed by atoms with E-state index in [1.165, 1.54) is 0 Å². The van der Waals surface area contributed by atoms with Gasteiger partial charge in [-0.05, 0) is 22.5 Å². The standard InChI is InChI=1S/C13H9N3O3/c14-16-15-13(17)19-11-6-5-10(12-7-18-12)8-3-1-2-4-9(8)11/h1-6,12H,7H2. The van der Waals surface area contributed by atoms with Crippen LogP contribution >= 0.6 is 0 Å². The quantitative estimate of drug-likeness (QED) is 0.354. The molecular weight excluding hydrogens is 246 g/mol. The fourth-order valence-corrected chi connectivity index (χ4v) is 2.04. The Kier molecular flexibility index (Phi) is 2.79. The van der Waals surface area contributed by atoms with Crippen molar-refractivity contribution in [3.05, 3.63) is 52.4 Å². The van der Waals surface area contributed by atoms with Crippen LogP contribution in [0.2, 0.25) is 0 Å². The normalized spacial score (nSPS) is 16.7. The van der Waals surface area contributed by atoms with Gasteiger partial charge in [-0.2, -0.15) is 0 Å². The average molecular weight is 255 g/mol. The van der Waals surface area contributed by atoms with Crippen molar-refractivity contribution in [2.75, 3.05) is 6.61 Å². The van der Waals surface area contributed by atoms with Gasteiger partial charge < -0.3 is 9.47 Å². The predicted octanol–water partition coefficient (Wildman–Crippen LogP) is 3.72. The Morgan fingerprint density at radius 2 is 2.05 bits per heavy atom. The van der Waals surface area contributed by atoms with Crippen molar-refractivity contribution in [1.82, 2.24) is 0 Å². The summed E-state index contributed by atoms with van der Waals surface area (Å²) in [4.78, 5) is 13.6. The molecule has 3 rings (SSSR count). The van der Waals surface area contributed by atoms with E-state index in [0.717, 1.165) is 16.3 Å². The third kappa shape index (κ3) is 2.22. The van der Waals surface area contributed by atoms with Crippen molar-refractivity contribution in [2.24, 2.45) is 5.11 Å². The van der Waals surface area contributed by atoms with Crippen LogP contribution in [0, 0.1) is 0 Å². The van der Waals surface area contributed by atoms with Crippen LogP contribution in [-0.4, -0.2) is 12.7 Å². The van der Waals surface area contributed by atoms with E-state index in [1.54, 1.807) is 6.07 Å². The van der Waals surface area contributed by atoms with Crippen LogP contribution in [0.1, 0.15) is 11.7 Å². The van der Waals surface area contributed by atoms with Crippen LogP contribution in [0.3, 0.4) is 0 Å². The van der Waals surface area contributed by atoms with Gasteiger partial charge in [0.2, 0.25) is 0 Å². The Labute approximate surface area is 108 Å². The zero-order valence-electron chi connectivity index (χ0n) is 9.81. The summed E-state index contributed by atoms with van der Waals surface area (Å²) in [6, 6.07) is 11.1. The molecule has 0 spiro atoms. The Balaban J connectivity index is 2.08. The lowest BCUT2D eigenvalue weighted by molar-refractivity contribution is 0.211. The molecule has 1 aliphatic heterocycles. The summed E-state index contributed by atoms with van der Waals surface area (Å²) in [7, 11) is 0. The lowest BCUT2D eigenvalue weighted by Gasteiger charge is -2.08. The van der Waals surface area contributed by atoms with E-state index in [4.69, 9.17) is 15.0 Å². The van der Waals surface area contributed by atoms with E-state index < -0.39 is 6.09 Å². The summed E-state index contributed by atoms with van der Waals surface area (Å²) in [6.45, 7) is 0.710. The van der Waals surface area contributed by atoms with Gasteiger partial charge in [0.25, 0.3) is 0 Å². The molecular formula is C13H9N3O3. The zero-order valence-corrected chi connectivity index (χ0v) is 9.81. The number of azide groups is 1. The lowest BCUT2D eigenvalue weighted by Crippen LogP contribution is -2.01. The highest BCUT2D eigenvalue weighted by Gasteiger charge is 2.27. The highest BCUT2D eigenvalue weighted by atomic mass is 16.6. The first-order valence-electron chi connectivity index (χ1n) is 5.70. The number of carbonyl (C=O) groups is 1. The Morgan fingerprint density at radius 3 is 2.74 bits per heavy atom. The van der Waals surface area contributed by atoms with Crippen molar-refractivity contribution in [3.8, 4) is 5.75 Å². The number of hydrogen-bond donors (Lipinski definition) is 0. The summed E-state index contributed by atoms with van der Waals surface area (Å²) in [5.41, 5.74) is 9.26. The fourth-order valence-electron chi connectivity index (χ4n) is 2.04. The van der Waals surface area contributed by atoms with Crippen molar-refractivity contribution in [1.29, 1.82) is 0 Å². The molecule has 0 radical (unpaired) electrons. The molecule has 6 nitrogen and oxygen atoms in total. The second kappa shape index (κ2) is 4.61. The summed E-state index contributed by atoms with van der Waals surface area (Å²) < 4.78 is 10.3. The van der Waals surface area contributed by atoms with Gasteiger partial charge in [0.05, 0.1) is 6.61 Å². The fraction of sp³-hybridized carbons (Fsp3) is 0.154. The van der Waals surface area contributed by atoms with E-state index >= 15 is 0 Å². The third-order valence-corrected chi connectivity index (χ3v) is 2.92. The van der Waals surface area contributed by atoms with E-state index in [-0.39, 0.29) is 6.10 Å². The van der Waals surface area contributed by atoms with E-state index in [9.17, 15) is 4.79 Å². The third-order valence-electron chi connectivity index (χ3n) is 2.92. The molecule has 0 bridgehead atoms. The number of hydrogen-bond acceptors (Lipinski definition) is 3. The molecule has 0 N–H and O–H groups in total. The molecule has 1 heterocycles. The van der Waals surface area contributed by atoms with Crippen molar-refractivity contribution >= 4 is 16.9 Å². The summed E-state index contributed by atoms with van der Waals surface area (Å²) in [6.07, 6.45) is -0.852. The first kappa shape index (κ1) is 11.5. The molecule has 6 heteroatoms. The van der Waals surface area contributed by atoms with Gasteiger partial charge in [0, 0.05) is 15.4 Å².